The van der Waals surface area contributed by atoms with Crippen LogP contribution >= 0.6 is 0 Å². The van der Waals surface area contributed by atoms with E-state index in [1.807, 2.05) is 25.1 Å². The smallest absolute Gasteiger partial charge is 0.312 e. The Kier molecular flexibility index (Phi) is 14.5. The molecule has 2 saturated carbocycles. The first-order valence-corrected chi connectivity index (χ1v) is 28.7. The van der Waals surface area contributed by atoms with Gasteiger partial charge in [-0.3, -0.25) is 24.7 Å². The minimum absolute atomic E-state index is 0.0541. The molecule has 78 heavy (non-hydrogen) atoms. The van der Waals surface area contributed by atoms with E-state index in [-0.39, 0.29) is 34.5 Å². The van der Waals surface area contributed by atoms with Crippen molar-refractivity contribution in [2.45, 2.75) is 114 Å². The third kappa shape index (κ3) is 10.9. The number of carbonyl (C=O) groups is 1. The number of ether oxygens (including phenoxy) is 2. The van der Waals surface area contributed by atoms with Crippen LogP contribution in [-0.2, 0) is 16.6 Å². The Balaban J connectivity index is 0.783. The minimum Gasteiger partial charge on any atom is -0.493 e. The van der Waals surface area contributed by atoms with Gasteiger partial charge in [-0.1, -0.05) is 44.2 Å². The van der Waals surface area contributed by atoms with Gasteiger partial charge >= 0.3 is 5.69 Å². The van der Waals surface area contributed by atoms with Crippen molar-refractivity contribution in [2.24, 2.45) is 11.3 Å². The Hall–Kier alpha value is -7.06. The number of piperidine rings is 1. The van der Waals surface area contributed by atoms with Crippen molar-refractivity contribution in [3.63, 3.8) is 0 Å². The molecule has 410 valence electrons. The lowest BCUT2D eigenvalue weighted by molar-refractivity contribution is -0.384. The van der Waals surface area contributed by atoms with Crippen LogP contribution in [0.4, 0.5) is 17.2 Å². The summed E-state index contributed by atoms with van der Waals surface area (Å²) in [5.74, 6) is 1.57. The summed E-state index contributed by atoms with van der Waals surface area (Å²) in [4.78, 5) is 44.5. The number of anilines is 2. The predicted octanol–water partition coefficient (Wildman–Crippen LogP) is 10.6. The molecule has 3 aromatic carbocycles. The maximum absolute atomic E-state index is 14.1. The van der Waals surface area contributed by atoms with E-state index >= 15 is 0 Å². The van der Waals surface area contributed by atoms with E-state index in [1.165, 1.54) is 22.9 Å². The molecular formula is C59H69N9O9S. The number of aromatic amines is 1. The molecule has 1 atom stereocenters. The normalized spacial score (nSPS) is 21.2. The van der Waals surface area contributed by atoms with Crippen LogP contribution in [0.25, 0.3) is 22.0 Å². The molecule has 1 spiro atoms. The lowest BCUT2D eigenvalue weighted by Crippen LogP contribution is -2.60. The number of pyridine rings is 2. The summed E-state index contributed by atoms with van der Waals surface area (Å²) in [6.07, 6.45) is 11.2. The van der Waals surface area contributed by atoms with Gasteiger partial charge in [-0.2, -0.15) is 0 Å². The number of hydrogen-bond acceptors (Lipinski definition) is 15. The minimum atomic E-state index is -4.66. The number of aromatic nitrogens is 3. The molecule has 4 N–H and O–H groups in total. The van der Waals surface area contributed by atoms with Crippen molar-refractivity contribution in [3.8, 4) is 17.2 Å². The molecule has 18 nitrogen and oxygen atoms in total. The Bertz CT molecular complexity index is 3480. The lowest BCUT2D eigenvalue weighted by atomic mass is 9.59. The number of aryl methyl sites for hydroxylation is 1. The van der Waals surface area contributed by atoms with E-state index in [4.69, 9.17) is 13.9 Å². The highest BCUT2D eigenvalue weighted by molar-refractivity contribution is 7.90. The molecule has 7 aromatic rings. The highest BCUT2D eigenvalue weighted by atomic mass is 32.2. The second-order valence-corrected chi connectivity index (χ2v) is 24.5. The molecule has 4 aromatic heterocycles. The zero-order valence-electron chi connectivity index (χ0n) is 45.0. The molecule has 6 heterocycles. The van der Waals surface area contributed by atoms with Crippen molar-refractivity contribution < 1.29 is 37.1 Å². The topological polar surface area (TPSA) is 222 Å². The van der Waals surface area contributed by atoms with E-state index < -0.39 is 37.0 Å². The zero-order valence-corrected chi connectivity index (χ0v) is 45.8. The van der Waals surface area contributed by atoms with Gasteiger partial charge in [0.1, 0.15) is 27.8 Å². The number of carbonyl (C=O) groups excluding carboxylic acids is 1. The van der Waals surface area contributed by atoms with Crippen molar-refractivity contribution in [1.29, 1.82) is 0 Å². The lowest BCUT2D eigenvalue weighted by Gasteiger charge is -2.58. The van der Waals surface area contributed by atoms with E-state index in [0.29, 0.717) is 42.7 Å². The van der Waals surface area contributed by atoms with Gasteiger partial charge < -0.3 is 34.2 Å². The summed E-state index contributed by atoms with van der Waals surface area (Å²) in [7, 11) is -2.98. The average molecular weight is 1080 g/mol. The van der Waals surface area contributed by atoms with E-state index in [0.717, 1.165) is 124 Å². The molecule has 4 fully saturated rings. The van der Waals surface area contributed by atoms with Crippen molar-refractivity contribution in [1.82, 2.24) is 29.5 Å². The number of H-pyrrole nitrogens is 1. The SMILES string of the molecule is COc1ccc(CN2CCN(C3CC4(CCN(c5ccc(C(=O)NS(=O)(=O)c6cnc(NCC7CCC(C)(O)CC7)c([N+](=O)[O-])c6)c(Oc6cnc7[nH]ccc7c6)c5)CC4)C3)[C@H](c3ccccc3C(C)C)C2)c2cc(C)oc12. The fourth-order valence-electron chi connectivity index (χ4n) is 12.6. The van der Waals surface area contributed by atoms with Crippen molar-refractivity contribution in [3.05, 3.63) is 136 Å². The molecule has 1 amide bonds. The highest BCUT2D eigenvalue weighted by Gasteiger charge is 2.50. The molecule has 19 heteroatoms. The second kappa shape index (κ2) is 21.3. The van der Waals surface area contributed by atoms with E-state index in [2.05, 4.69) is 89.9 Å². The Morgan fingerprint density at radius 2 is 1.74 bits per heavy atom. The summed E-state index contributed by atoms with van der Waals surface area (Å²) < 4.78 is 48.0. The van der Waals surface area contributed by atoms with Gasteiger partial charge in [0.15, 0.2) is 11.3 Å². The molecule has 2 aliphatic heterocycles. The largest absolute Gasteiger partial charge is 0.493 e. The van der Waals surface area contributed by atoms with Crippen LogP contribution in [0, 0.1) is 28.4 Å². The second-order valence-electron chi connectivity index (χ2n) is 22.8. The van der Waals surface area contributed by atoms with Crippen LogP contribution in [-0.4, -0.2) is 107 Å². The van der Waals surface area contributed by atoms with Gasteiger partial charge in [0.2, 0.25) is 5.82 Å². The molecule has 0 radical (unpaired) electrons. The van der Waals surface area contributed by atoms with Crippen molar-refractivity contribution >= 4 is 55.1 Å². The predicted molar refractivity (Wildman–Crippen MR) is 299 cm³/mol. The average Bonchev–Trinajstić information content (AvgIpc) is 4.21. The fourth-order valence-corrected chi connectivity index (χ4v) is 13.5. The quantitative estimate of drug-likeness (QED) is 0.0522. The molecule has 0 unspecified atom stereocenters. The Morgan fingerprint density at radius 3 is 2.50 bits per heavy atom. The molecule has 2 saturated heterocycles. The fraction of sp³-hybridized carbons (Fsp3) is 0.441. The molecule has 2 aliphatic carbocycles. The number of rotatable bonds is 16. The monoisotopic (exact) mass is 1080 g/mol. The van der Waals surface area contributed by atoms with Crippen LogP contribution in [0.15, 0.2) is 107 Å². The first-order valence-electron chi connectivity index (χ1n) is 27.2. The number of nitrogens with zero attached hydrogens (tertiary/aromatic N) is 6. The molecule has 0 bridgehead atoms. The highest BCUT2D eigenvalue weighted by Crippen LogP contribution is 2.53. The first kappa shape index (κ1) is 53.0. The molecule has 11 rings (SSSR count). The van der Waals surface area contributed by atoms with Gasteiger partial charge in [-0.15, -0.1) is 0 Å². The van der Waals surface area contributed by atoms with Crippen LogP contribution in [0.3, 0.4) is 0 Å². The summed E-state index contributed by atoms with van der Waals surface area (Å²) in [5, 5.41) is 27.5. The van der Waals surface area contributed by atoms with E-state index in [1.54, 1.807) is 38.4 Å². The first-order chi connectivity index (χ1) is 37.4. The van der Waals surface area contributed by atoms with Gasteiger partial charge in [0.25, 0.3) is 15.9 Å². The number of nitrogens with one attached hydrogen (secondary N) is 3. The van der Waals surface area contributed by atoms with E-state index in [9.17, 15) is 28.4 Å². The maximum Gasteiger partial charge on any atom is 0.312 e. The number of aliphatic hydroxyl groups is 1. The number of hydrogen-bond donors (Lipinski definition) is 4. The Labute approximate surface area is 454 Å². The standard InChI is InChI=1S/C59H69N9O9S/c1-37(2)46-8-6-7-9-47(46)51-36-65(35-41-10-13-52(75-5)54-49(41)26-38(3)76-54)24-25-67(51)43-30-59(31-43)19-22-66(23-20-59)42-11-12-48(53(28-42)77-44-27-40-16-21-60-55(40)62-33-44)57(69)64-78(73,74)45-29-50(68(71)72)56(63-34-45)61-32-39-14-17-58(4,70)18-15-39/h6-13,16,21,26-29,33-34,37,39,43,51,70H,14-15,17-20,22-25,30-32,35-36H2,1-5H3,(H,60,62)(H,61,63)(H,64,69)/t39?,51-,58?/m0/s1. The third-order valence-corrected chi connectivity index (χ3v) is 18.4. The number of benzene rings is 3. The van der Waals surface area contributed by atoms with Crippen LogP contribution in [0.5, 0.6) is 17.2 Å². The maximum atomic E-state index is 14.1. The van der Waals surface area contributed by atoms with Gasteiger partial charge in [-0.05, 0) is 136 Å². The number of methoxy groups -OCH3 is 1. The van der Waals surface area contributed by atoms with Crippen LogP contribution < -0.4 is 24.4 Å². The van der Waals surface area contributed by atoms with Gasteiger partial charge in [0, 0.05) is 92.7 Å². The van der Waals surface area contributed by atoms with Crippen LogP contribution in [0.2, 0.25) is 0 Å². The Morgan fingerprint density at radius 1 is 0.962 bits per heavy atom. The zero-order chi connectivity index (χ0) is 54.5. The number of fused-ring (bicyclic) bond motifs is 2. The summed E-state index contributed by atoms with van der Waals surface area (Å²) >= 11 is 0. The number of piperazine rings is 1. The third-order valence-electron chi connectivity index (χ3n) is 17.1. The summed E-state index contributed by atoms with van der Waals surface area (Å²) in [5.41, 5.74) is 5.20. The number of furan rings is 1. The number of amides is 1. The summed E-state index contributed by atoms with van der Waals surface area (Å²) in [6, 6.07) is 25.7. The number of sulfonamides is 1. The van der Waals surface area contributed by atoms with Gasteiger partial charge in [0.05, 0.1) is 35.6 Å². The molecular weight excluding hydrogens is 1010 g/mol. The van der Waals surface area contributed by atoms with Crippen molar-refractivity contribution in [2.75, 3.05) is 56.6 Å². The molecule has 4 aliphatic rings. The van der Waals surface area contributed by atoms with Crippen LogP contribution in [0.1, 0.15) is 117 Å². The van der Waals surface area contributed by atoms with Gasteiger partial charge in [-0.25, -0.2) is 23.1 Å². The number of nitro groups is 1. The summed E-state index contributed by atoms with van der Waals surface area (Å²) in [6.45, 7) is 14.0.